The molecule has 1 aromatic rings. The van der Waals surface area contributed by atoms with Gasteiger partial charge in [0.15, 0.2) is 0 Å². The summed E-state index contributed by atoms with van der Waals surface area (Å²) >= 11 is 1.89. The molecule has 0 bridgehead atoms. The minimum absolute atomic E-state index is 0.456. The monoisotopic (exact) mass is 232 g/mol. The molecule has 16 heavy (non-hydrogen) atoms. The summed E-state index contributed by atoms with van der Waals surface area (Å²) in [7, 11) is 0. The average molecular weight is 232 g/mol. The first-order valence-corrected chi connectivity index (χ1v) is 6.29. The highest BCUT2D eigenvalue weighted by Gasteiger charge is 2.23. The number of nitrogens with one attached hydrogen (secondary N) is 1. The Labute approximate surface area is 100 Å². The van der Waals surface area contributed by atoms with Crippen molar-refractivity contribution in [1.82, 2.24) is 0 Å². The molecule has 0 fully saturated rings. The van der Waals surface area contributed by atoms with Gasteiger partial charge in [0, 0.05) is 28.5 Å². The molecular weight excluding hydrogens is 216 g/mol. The summed E-state index contributed by atoms with van der Waals surface area (Å²) in [5.41, 5.74) is 9.45. The molecule has 0 saturated carbocycles. The van der Waals surface area contributed by atoms with Crippen molar-refractivity contribution in [3.05, 3.63) is 41.1 Å². The molecule has 3 N–H and O–H groups in total. The highest BCUT2D eigenvalue weighted by Crippen LogP contribution is 2.40. The third-order valence-corrected chi connectivity index (χ3v) is 4.42. The molecule has 3 heteroatoms. The molecule has 2 rings (SSSR count). The fourth-order valence-corrected chi connectivity index (χ4v) is 3.26. The molecule has 0 spiro atoms. The Morgan fingerprint density at radius 1 is 1.56 bits per heavy atom. The number of thioether (sulfide) groups is 1. The van der Waals surface area contributed by atoms with Crippen LogP contribution in [0.1, 0.15) is 18.9 Å². The third-order valence-electron chi connectivity index (χ3n) is 2.96. The van der Waals surface area contributed by atoms with E-state index in [9.17, 15) is 0 Å². The van der Waals surface area contributed by atoms with Crippen molar-refractivity contribution in [2.24, 2.45) is 5.73 Å². The molecule has 1 aliphatic rings. The van der Waals surface area contributed by atoms with Gasteiger partial charge in [-0.25, -0.2) is 0 Å². The predicted molar refractivity (Wildman–Crippen MR) is 70.1 cm³/mol. The van der Waals surface area contributed by atoms with Gasteiger partial charge >= 0.3 is 0 Å². The van der Waals surface area contributed by atoms with E-state index in [0.717, 1.165) is 12.1 Å². The Kier molecular flexibility index (Phi) is 3.34. The number of hydrogen-bond donors (Lipinski definition) is 2. The van der Waals surface area contributed by atoms with E-state index in [4.69, 9.17) is 11.1 Å². The lowest BCUT2D eigenvalue weighted by Crippen LogP contribution is -2.11. The van der Waals surface area contributed by atoms with Crippen molar-refractivity contribution >= 4 is 18.0 Å². The summed E-state index contributed by atoms with van der Waals surface area (Å²) in [5, 5.41) is 7.54. The van der Waals surface area contributed by atoms with E-state index < -0.39 is 0 Å². The number of fused-ring (bicyclic) bond motifs is 1. The number of rotatable bonds is 3. The lowest BCUT2D eigenvalue weighted by Gasteiger charge is -2.12. The minimum atomic E-state index is 0.456. The zero-order valence-corrected chi connectivity index (χ0v) is 10.2. The van der Waals surface area contributed by atoms with Crippen molar-refractivity contribution in [3.63, 3.8) is 0 Å². The first kappa shape index (κ1) is 11.3. The smallest absolute Gasteiger partial charge is 0.0361 e. The Morgan fingerprint density at radius 3 is 3.00 bits per heavy atom. The number of nitrogens with two attached hydrogens (primary N) is 1. The summed E-state index contributed by atoms with van der Waals surface area (Å²) in [5.74, 6) is 0. The molecule has 1 aromatic carbocycles. The van der Waals surface area contributed by atoms with E-state index in [0.29, 0.717) is 11.7 Å². The molecule has 0 radical (unpaired) electrons. The van der Waals surface area contributed by atoms with Gasteiger partial charge in [0.1, 0.15) is 0 Å². The van der Waals surface area contributed by atoms with E-state index in [-0.39, 0.29) is 0 Å². The second kappa shape index (κ2) is 4.74. The SMILES string of the molecule is C/C(=C(/N)CC=N)C1Cc2ccccc2S1. The minimum Gasteiger partial charge on any atom is -0.402 e. The van der Waals surface area contributed by atoms with Gasteiger partial charge in [-0.05, 0) is 30.5 Å². The summed E-state index contributed by atoms with van der Waals surface area (Å²) in [6, 6.07) is 8.51. The molecular formula is C13H16N2S. The predicted octanol–water partition coefficient (Wildman–Crippen LogP) is 2.98. The van der Waals surface area contributed by atoms with Gasteiger partial charge in [-0.2, -0.15) is 0 Å². The molecule has 0 aromatic heterocycles. The van der Waals surface area contributed by atoms with Gasteiger partial charge in [0.2, 0.25) is 0 Å². The maximum absolute atomic E-state index is 7.08. The van der Waals surface area contributed by atoms with Crippen molar-refractivity contribution in [1.29, 1.82) is 5.41 Å². The second-order valence-electron chi connectivity index (χ2n) is 4.03. The third kappa shape index (κ3) is 2.14. The van der Waals surface area contributed by atoms with Crippen LogP contribution in [0.2, 0.25) is 0 Å². The number of allylic oxidation sites excluding steroid dienone is 1. The molecule has 1 aliphatic heterocycles. The van der Waals surface area contributed by atoms with Gasteiger partial charge in [-0.3, -0.25) is 0 Å². The molecule has 1 heterocycles. The summed E-state index contributed by atoms with van der Waals surface area (Å²) in [6.45, 7) is 2.09. The zero-order chi connectivity index (χ0) is 11.5. The molecule has 0 amide bonds. The largest absolute Gasteiger partial charge is 0.402 e. The van der Waals surface area contributed by atoms with Crippen LogP contribution in [0.4, 0.5) is 0 Å². The Morgan fingerprint density at radius 2 is 2.31 bits per heavy atom. The Balaban J connectivity index is 2.17. The molecule has 0 aliphatic carbocycles. The molecule has 1 unspecified atom stereocenters. The van der Waals surface area contributed by atoms with E-state index in [1.54, 1.807) is 0 Å². The van der Waals surface area contributed by atoms with Gasteiger partial charge in [0.05, 0.1) is 0 Å². The van der Waals surface area contributed by atoms with Crippen LogP contribution in [0.15, 0.2) is 40.4 Å². The number of benzene rings is 1. The lowest BCUT2D eigenvalue weighted by atomic mass is 10.0. The molecule has 1 atom stereocenters. The highest BCUT2D eigenvalue weighted by atomic mass is 32.2. The van der Waals surface area contributed by atoms with Crippen LogP contribution in [0.25, 0.3) is 0 Å². The summed E-state index contributed by atoms with van der Waals surface area (Å²) < 4.78 is 0. The lowest BCUT2D eigenvalue weighted by molar-refractivity contribution is 0.942. The fraction of sp³-hybridized carbons (Fsp3) is 0.308. The maximum Gasteiger partial charge on any atom is 0.0361 e. The molecule has 0 saturated heterocycles. The van der Waals surface area contributed by atoms with Gasteiger partial charge in [-0.15, -0.1) is 11.8 Å². The molecule has 84 valence electrons. The molecule has 2 nitrogen and oxygen atoms in total. The van der Waals surface area contributed by atoms with E-state index in [1.807, 2.05) is 11.8 Å². The first-order valence-electron chi connectivity index (χ1n) is 5.41. The van der Waals surface area contributed by atoms with Gasteiger partial charge in [0.25, 0.3) is 0 Å². The Bertz CT molecular complexity index is 412. The van der Waals surface area contributed by atoms with E-state index in [2.05, 4.69) is 31.2 Å². The summed E-state index contributed by atoms with van der Waals surface area (Å²) in [6.07, 6.45) is 3.00. The normalized spacial score (nSPS) is 20.2. The average Bonchev–Trinajstić information content (AvgIpc) is 2.71. The summed E-state index contributed by atoms with van der Waals surface area (Å²) in [4.78, 5) is 1.37. The van der Waals surface area contributed by atoms with Crippen LogP contribution in [0.3, 0.4) is 0 Å². The highest BCUT2D eigenvalue weighted by molar-refractivity contribution is 8.00. The van der Waals surface area contributed by atoms with Gasteiger partial charge < -0.3 is 11.1 Å². The second-order valence-corrected chi connectivity index (χ2v) is 5.28. The van der Waals surface area contributed by atoms with Crippen LogP contribution in [0, 0.1) is 5.41 Å². The van der Waals surface area contributed by atoms with Crippen LogP contribution < -0.4 is 5.73 Å². The van der Waals surface area contributed by atoms with Crippen molar-refractivity contribution in [2.75, 3.05) is 0 Å². The fourth-order valence-electron chi connectivity index (χ4n) is 1.90. The van der Waals surface area contributed by atoms with E-state index >= 15 is 0 Å². The maximum atomic E-state index is 7.08. The van der Waals surface area contributed by atoms with Crippen LogP contribution in [0.5, 0.6) is 0 Å². The van der Waals surface area contributed by atoms with Crippen LogP contribution in [-0.4, -0.2) is 11.5 Å². The van der Waals surface area contributed by atoms with Crippen molar-refractivity contribution < 1.29 is 0 Å². The van der Waals surface area contributed by atoms with E-state index in [1.165, 1.54) is 22.2 Å². The topological polar surface area (TPSA) is 49.9 Å². The standard InChI is InChI=1S/C13H16N2S/c1-9(11(15)6-7-14)13-8-10-4-2-3-5-12(10)16-13/h2-5,7,13-14H,6,8,15H2,1H3/b11-9-,14-7?. The van der Waals surface area contributed by atoms with Crippen molar-refractivity contribution in [3.8, 4) is 0 Å². The quantitative estimate of drug-likeness (QED) is 0.787. The first-order chi connectivity index (χ1) is 7.72. The van der Waals surface area contributed by atoms with Crippen LogP contribution >= 0.6 is 11.8 Å². The number of hydrogen-bond acceptors (Lipinski definition) is 3. The van der Waals surface area contributed by atoms with Crippen molar-refractivity contribution in [2.45, 2.75) is 29.9 Å². The Hall–Kier alpha value is -1.22. The zero-order valence-electron chi connectivity index (χ0n) is 9.36. The van der Waals surface area contributed by atoms with Crippen LogP contribution in [-0.2, 0) is 6.42 Å². The van der Waals surface area contributed by atoms with Gasteiger partial charge in [-0.1, -0.05) is 18.2 Å².